The van der Waals surface area contributed by atoms with E-state index in [9.17, 15) is 9.59 Å². The Morgan fingerprint density at radius 1 is 1.25 bits per heavy atom. The summed E-state index contributed by atoms with van der Waals surface area (Å²) in [6.07, 6.45) is 6.89. The molecular formula is C19H25N3O2. The van der Waals surface area contributed by atoms with Gasteiger partial charge in [-0.2, -0.15) is 0 Å². The van der Waals surface area contributed by atoms with Crippen molar-refractivity contribution in [2.24, 2.45) is 7.05 Å². The Morgan fingerprint density at radius 3 is 2.62 bits per heavy atom. The average molecular weight is 327 g/mol. The zero-order chi connectivity index (χ0) is 17.4. The second-order valence-electron chi connectivity index (χ2n) is 5.97. The third-order valence-corrected chi connectivity index (χ3v) is 4.02. The maximum absolute atomic E-state index is 12.6. The van der Waals surface area contributed by atoms with Crippen LogP contribution in [0.25, 0.3) is 0 Å². The molecule has 1 heterocycles. The number of hydrogen-bond acceptors (Lipinski definition) is 3. The highest BCUT2D eigenvalue weighted by atomic mass is 16.2. The summed E-state index contributed by atoms with van der Waals surface area (Å²) in [4.78, 5) is 29.0. The lowest BCUT2D eigenvalue weighted by atomic mass is 10.0. The van der Waals surface area contributed by atoms with Crippen molar-refractivity contribution < 1.29 is 9.59 Å². The Labute approximate surface area is 143 Å². The molecule has 0 fully saturated rings. The number of carbonyl (C=O) groups excluding carboxylic acids is 2. The van der Waals surface area contributed by atoms with E-state index >= 15 is 0 Å². The van der Waals surface area contributed by atoms with Crippen molar-refractivity contribution in [1.29, 1.82) is 0 Å². The van der Waals surface area contributed by atoms with Gasteiger partial charge in [0, 0.05) is 25.9 Å². The first kappa shape index (κ1) is 17.9. The molecule has 0 saturated carbocycles. The van der Waals surface area contributed by atoms with Gasteiger partial charge in [-0.3, -0.25) is 9.59 Å². The molecule has 1 unspecified atom stereocenters. The molecule has 128 valence electrons. The van der Waals surface area contributed by atoms with Crippen molar-refractivity contribution in [3.63, 3.8) is 0 Å². The van der Waals surface area contributed by atoms with Crippen LogP contribution in [-0.4, -0.2) is 27.3 Å². The number of nitrogens with zero attached hydrogens (tertiary/aromatic N) is 2. The monoisotopic (exact) mass is 327 g/mol. The number of aryl methyl sites for hydroxylation is 2. The second kappa shape index (κ2) is 9.01. The van der Waals surface area contributed by atoms with Crippen LogP contribution in [0.4, 0.5) is 0 Å². The van der Waals surface area contributed by atoms with E-state index in [4.69, 9.17) is 0 Å². The molecule has 2 rings (SSSR count). The van der Waals surface area contributed by atoms with Gasteiger partial charge in [0.2, 0.25) is 11.7 Å². The van der Waals surface area contributed by atoms with Gasteiger partial charge in [0.1, 0.15) is 0 Å². The number of Topliss-reactive ketones (excluding diaryl/α,β-unsaturated/α-hetero) is 1. The number of hydrogen-bond donors (Lipinski definition) is 1. The number of nitrogens with one attached hydrogen (secondary N) is 1. The highest BCUT2D eigenvalue weighted by Gasteiger charge is 2.24. The first-order chi connectivity index (χ1) is 11.6. The number of aromatic nitrogens is 2. The maximum atomic E-state index is 12.6. The van der Waals surface area contributed by atoms with E-state index in [1.54, 1.807) is 24.0 Å². The fraction of sp³-hybridized carbons (Fsp3) is 0.421. The Balaban J connectivity index is 1.96. The van der Waals surface area contributed by atoms with E-state index in [0.29, 0.717) is 25.1 Å². The smallest absolute Gasteiger partial charge is 0.220 e. The Morgan fingerprint density at radius 2 is 2.00 bits per heavy atom. The number of imidazole rings is 1. The van der Waals surface area contributed by atoms with Gasteiger partial charge in [-0.15, -0.1) is 0 Å². The summed E-state index contributed by atoms with van der Waals surface area (Å²) in [7, 11) is 1.79. The van der Waals surface area contributed by atoms with Crippen LogP contribution in [-0.2, 0) is 18.3 Å². The molecule has 1 atom stereocenters. The molecule has 5 nitrogen and oxygen atoms in total. The van der Waals surface area contributed by atoms with Gasteiger partial charge in [0.25, 0.3) is 0 Å². The summed E-state index contributed by atoms with van der Waals surface area (Å²) in [5, 5.41) is 2.90. The van der Waals surface area contributed by atoms with Crippen LogP contribution in [0.1, 0.15) is 48.8 Å². The van der Waals surface area contributed by atoms with Crippen molar-refractivity contribution in [2.75, 3.05) is 0 Å². The molecule has 0 radical (unpaired) electrons. The zero-order valence-electron chi connectivity index (χ0n) is 14.4. The van der Waals surface area contributed by atoms with Gasteiger partial charge in [-0.05, 0) is 18.4 Å². The van der Waals surface area contributed by atoms with Crippen molar-refractivity contribution in [3.8, 4) is 0 Å². The van der Waals surface area contributed by atoms with E-state index in [-0.39, 0.29) is 11.7 Å². The topological polar surface area (TPSA) is 64.0 Å². The Hall–Kier alpha value is -2.43. The third-order valence-electron chi connectivity index (χ3n) is 4.02. The lowest BCUT2D eigenvalue weighted by molar-refractivity contribution is -0.121. The summed E-state index contributed by atoms with van der Waals surface area (Å²) < 4.78 is 1.69. The highest BCUT2D eigenvalue weighted by molar-refractivity contribution is 5.99. The molecule has 0 aliphatic rings. The maximum Gasteiger partial charge on any atom is 0.220 e. The summed E-state index contributed by atoms with van der Waals surface area (Å²) in [6, 6.07) is 9.37. The molecule has 1 aromatic heterocycles. The number of rotatable bonds is 9. The fourth-order valence-electron chi connectivity index (χ4n) is 2.60. The number of carbonyl (C=O) groups is 2. The largest absolute Gasteiger partial charge is 0.346 e. The predicted octanol–water partition coefficient (Wildman–Crippen LogP) is 2.91. The summed E-state index contributed by atoms with van der Waals surface area (Å²) >= 11 is 0. The van der Waals surface area contributed by atoms with Crippen LogP contribution in [0.15, 0.2) is 42.7 Å². The fourth-order valence-corrected chi connectivity index (χ4v) is 2.60. The van der Waals surface area contributed by atoms with Crippen LogP contribution < -0.4 is 5.32 Å². The predicted molar refractivity (Wildman–Crippen MR) is 93.8 cm³/mol. The third kappa shape index (κ3) is 5.05. The van der Waals surface area contributed by atoms with E-state index in [0.717, 1.165) is 18.4 Å². The first-order valence-electron chi connectivity index (χ1n) is 8.46. The molecule has 1 aromatic carbocycles. The molecule has 1 N–H and O–H groups in total. The van der Waals surface area contributed by atoms with E-state index in [2.05, 4.69) is 17.2 Å². The summed E-state index contributed by atoms with van der Waals surface area (Å²) in [6.45, 7) is 2.07. The minimum atomic E-state index is -0.505. The van der Waals surface area contributed by atoms with Crippen LogP contribution in [0.5, 0.6) is 0 Å². The molecule has 2 aromatic rings. The minimum absolute atomic E-state index is 0.0949. The molecule has 0 bridgehead atoms. The second-order valence-corrected chi connectivity index (χ2v) is 5.97. The first-order valence-corrected chi connectivity index (χ1v) is 8.46. The molecule has 5 heteroatoms. The zero-order valence-corrected chi connectivity index (χ0v) is 14.4. The summed E-state index contributed by atoms with van der Waals surface area (Å²) in [5.41, 5.74) is 1.12. The van der Waals surface area contributed by atoms with Crippen molar-refractivity contribution >= 4 is 11.7 Å². The van der Waals surface area contributed by atoms with Gasteiger partial charge >= 0.3 is 0 Å². The van der Waals surface area contributed by atoms with E-state index in [1.807, 2.05) is 30.3 Å². The van der Waals surface area contributed by atoms with Crippen molar-refractivity contribution in [3.05, 3.63) is 54.1 Å². The number of ketones is 1. The standard InChI is InChI=1S/C19H25N3O2/c1-3-4-10-16(18(24)19-20-13-14-22(19)2)21-17(23)12-11-15-8-6-5-7-9-15/h5-9,13-14,16H,3-4,10-12H2,1-2H3,(H,21,23). The van der Waals surface area contributed by atoms with Crippen LogP contribution in [0.2, 0.25) is 0 Å². The van der Waals surface area contributed by atoms with E-state index in [1.165, 1.54) is 0 Å². The Kier molecular flexibility index (Phi) is 6.73. The number of benzene rings is 1. The SMILES string of the molecule is CCCCC(NC(=O)CCc1ccccc1)C(=O)c1nccn1C. The lowest BCUT2D eigenvalue weighted by Crippen LogP contribution is -2.41. The molecule has 0 aliphatic heterocycles. The molecule has 0 aliphatic carbocycles. The number of unbranched alkanes of at least 4 members (excludes halogenated alkanes) is 1. The van der Waals surface area contributed by atoms with Crippen LogP contribution in [0, 0.1) is 0 Å². The van der Waals surface area contributed by atoms with Crippen LogP contribution in [0.3, 0.4) is 0 Å². The number of amides is 1. The minimum Gasteiger partial charge on any atom is -0.346 e. The molecule has 0 spiro atoms. The van der Waals surface area contributed by atoms with Crippen LogP contribution >= 0.6 is 0 Å². The molecule has 0 saturated heterocycles. The summed E-state index contributed by atoms with van der Waals surface area (Å²) in [5.74, 6) is 0.172. The van der Waals surface area contributed by atoms with Gasteiger partial charge in [0.05, 0.1) is 6.04 Å². The van der Waals surface area contributed by atoms with E-state index < -0.39 is 6.04 Å². The van der Waals surface area contributed by atoms with Gasteiger partial charge in [-0.25, -0.2) is 4.98 Å². The molecule has 24 heavy (non-hydrogen) atoms. The quantitative estimate of drug-likeness (QED) is 0.720. The van der Waals surface area contributed by atoms with Gasteiger partial charge < -0.3 is 9.88 Å². The van der Waals surface area contributed by atoms with Crippen molar-refractivity contribution in [2.45, 2.75) is 45.1 Å². The average Bonchev–Trinajstić information content (AvgIpc) is 3.03. The molecule has 1 amide bonds. The lowest BCUT2D eigenvalue weighted by Gasteiger charge is -2.17. The molecular weight excluding hydrogens is 302 g/mol. The van der Waals surface area contributed by atoms with Gasteiger partial charge in [0.15, 0.2) is 5.82 Å². The highest BCUT2D eigenvalue weighted by Crippen LogP contribution is 2.09. The Bertz CT molecular complexity index is 664. The normalized spacial score (nSPS) is 11.9. The van der Waals surface area contributed by atoms with Gasteiger partial charge in [-0.1, -0.05) is 50.1 Å². The van der Waals surface area contributed by atoms with Crippen molar-refractivity contribution in [1.82, 2.24) is 14.9 Å².